The van der Waals surface area contributed by atoms with Gasteiger partial charge in [-0.05, 0) is 55.3 Å². The molecule has 0 saturated carbocycles. The summed E-state index contributed by atoms with van der Waals surface area (Å²) in [6.45, 7) is 3.87. The van der Waals surface area contributed by atoms with Crippen LogP contribution >= 0.6 is 0 Å². The number of ether oxygens (including phenoxy) is 1. The third-order valence-electron chi connectivity index (χ3n) is 3.67. The van der Waals surface area contributed by atoms with Gasteiger partial charge in [-0.25, -0.2) is 0 Å². The fourth-order valence-electron chi connectivity index (χ4n) is 2.62. The Hall–Kier alpha value is -3.90. The lowest BCUT2D eigenvalue weighted by Crippen LogP contribution is -2.18. The molecule has 0 radical (unpaired) electrons. The highest BCUT2D eigenvalue weighted by atomic mass is 16.5. The molecule has 6 nitrogen and oxygen atoms in total. The van der Waals surface area contributed by atoms with Crippen LogP contribution in [0.4, 0.5) is 0 Å². The van der Waals surface area contributed by atoms with E-state index < -0.39 is 5.56 Å². The van der Waals surface area contributed by atoms with Crippen LogP contribution in [0.3, 0.4) is 0 Å². The fraction of sp³-hybridized carbons (Fsp3) is 0.100. The molecule has 3 aromatic rings. The molecule has 0 N–H and O–H groups in total. The molecule has 26 heavy (non-hydrogen) atoms. The number of nitrogens with zero attached hydrogens (tertiary/aromatic N) is 4. The summed E-state index contributed by atoms with van der Waals surface area (Å²) in [6.07, 6.45) is 2.77. The van der Waals surface area contributed by atoms with E-state index in [4.69, 9.17) is 15.3 Å². The first-order valence-corrected chi connectivity index (χ1v) is 7.81. The molecule has 0 amide bonds. The number of pyridine rings is 1. The van der Waals surface area contributed by atoms with Crippen molar-refractivity contribution in [1.29, 1.82) is 10.5 Å². The quantitative estimate of drug-likeness (QED) is 0.679. The summed E-state index contributed by atoms with van der Waals surface area (Å²) in [5, 5.41) is 18.1. The Labute approximate surface area is 149 Å². The minimum Gasteiger partial charge on any atom is -0.438 e. The van der Waals surface area contributed by atoms with Gasteiger partial charge in [-0.15, -0.1) is 0 Å². The molecule has 0 unspecified atom stereocenters. The lowest BCUT2D eigenvalue weighted by molar-refractivity contribution is 0.460. The third-order valence-corrected chi connectivity index (χ3v) is 3.67. The van der Waals surface area contributed by atoms with Crippen molar-refractivity contribution in [3.63, 3.8) is 0 Å². The van der Waals surface area contributed by atoms with E-state index >= 15 is 0 Å². The van der Waals surface area contributed by atoms with E-state index in [2.05, 4.69) is 4.98 Å². The average Bonchev–Trinajstić information content (AvgIpc) is 2.61. The summed E-state index contributed by atoms with van der Waals surface area (Å²) in [5.41, 5.74) is 1.84. The molecule has 3 rings (SSSR count). The van der Waals surface area contributed by atoms with Gasteiger partial charge in [-0.1, -0.05) is 12.1 Å². The molecule has 2 heterocycles. The first-order chi connectivity index (χ1) is 12.5. The Morgan fingerprint density at radius 2 is 1.85 bits per heavy atom. The van der Waals surface area contributed by atoms with Crippen LogP contribution in [0.15, 0.2) is 53.0 Å². The van der Waals surface area contributed by atoms with E-state index in [-0.39, 0.29) is 17.0 Å². The Morgan fingerprint density at radius 3 is 2.50 bits per heavy atom. The molecule has 0 saturated heterocycles. The number of benzene rings is 1. The van der Waals surface area contributed by atoms with Crippen molar-refractivity contribution in [3.05, 3.63) is 75.2 Å². The Bertz CT molecular complexity index is 1140. The van der Waals surface area contributed by atoms with Crippen molar-refractivity contribution in [2.24, 2.45) is 0 Å². The van der Waals surface area contributed by atoms with Gasteiger partial charge in [0.2, 0.25) is 5.88 Å². The van der Waals surface area contributed by atoms with Crippen LogP contribution in [0.5, 0.6) is 11.6 Å². The maximum absolute atomic E-state index is 12.8. The van der Waals surface area contributed by atoms with Gasteiger partial charge in [0.25, 0.3) is 5.56 Å². The molecule has 2 aromatic heterocycles. The minimum absolute atomic E-state index is 0.0472. The van der Waals surface area contributed by atoms with Crippen LogP contribution in [0.2, 0.25) is 0 Å². The zero-order valence-electron chi connectivity index (χ0n) is 14.2. The standard InChI is InChI=1S/C20H14N4O2/c1-13-7-14(2)9-16(8-13)26-19-17(10-15(11-21)12-22)20(25)24-6-4-3-5-18(24)23-19/h3-10H,1-2H3. The van der Waals surface area contributed by atoms with Crippen LogP contribution in [0.1, 0.15) is 16.7 Å². The van der Waals surface area contributed by atoms with Crippen LogP contribution in [-0.2, 0) is 0 Å². The summed E-state index contributed by atoms with van der Waals surface area (Å²) in [4.78, 5) is 17.2. The van der Waals surface area contributed by atoms with Crippen molar-refractivity contribution >= 4 is 11.7 Å². The summed E-state index contributed by atoms with van der Waals surface area (Å²) in [5.74, 6) is 0.578. The average molecular weight is 342 g/mol. The lowest BCUT2D eigenvalue weighted by atomic mass is 10.1. The number of hydrogen-bond donors (Lipinski definition) is 0. The highest BCUT2D eigenvalue weighted by Gasteiger charge is 2.14. The monoisotopic (exact) mass is 342 g/mol. The molecule has 126 valence electrons. The van der Waals surface area contributed by atoms with Crippen molar-refractivity contribution in [1.82, 2.24) is 9.38 Å². The second-order valence-electron chi connectivity index (χ2n) is 5.77. The first kappa shape index (κ1) is 16.9. The van der Waals surface area contributed by atoms with Crippen molar-refractivity contribution in [2.75, 3.05) is 0 Å². The molecule has 0 atom stereocenters. The van der Waals surface area contributed by atoms with Crippen LogP contribution < -0.4 is 10.3 Å². The third kappa shape index (κ3) is 3.31. The molecule has 6 heteroatoms. The van der Waals surface area contributed by atoms with Gasteiger partial charge < -0.3 is 4.74 Å². The zero-order chi connectivity index (χ0) is 18.7. The Balaban J connectivity index is 2.26. The topological polar surface area (TPSA) is 91.2 Å². The van der Waals surface area contributed by atoms with Gasteiger partial charge in [0, 0.05) is 6.20 Å². The molecule has 0 aliphatic carbocycles. The summed E-state index contributed by atoms with van der Waals surface area (Å²) < 4.78 is 7.20. The molecule has 0 aliphatic rings. The number of aromatic nitrogens is 2. The Morgan fingerprint density at radius 1 is 1.15 bits per heavy atom. The van der Waals surface area contributed by atoms with Crippen LogP contribution in [0, 0.1) is 36.5 Å². The number of rotatable bonds is 3. The second-order valence-corrected chi connectivity index (χ2v) is 5.77. The van der Waals surface area contributed by atoms with E-state index in [0.717, 1.165) is 11.1 Å². The minimum atomic E-state index is -0.419. The van der Waals surface area contributed by atoms with Gasteiger partial charge in [-0.2, -0.15) is 15.5 Å². The normalized spacial score (nSPS) is 10.0. The van der Waals surface area contributed by atoms with E-state index in [0.29, 0.717) is 11.4 Å². The van der Waals surface area contributed by atoms with Crippen LogP contribution in [-0.4, -0.2) is 9.38 Å². The van der Waals surface area contributed by atoms with Gasteiger partial charge in [0.1, 0.15) is 34.7 Å². The predicted octanol–water partition coefficient (Wildman–Crippen LogP) is 3.53. The number of nitriles is 2. The zero-order valence-corrected chi connectivity index (χ0v) is 14.2. The maximum atomic E-state index is 12.8. The smallest absolute Gasteiger partial charge is 0.269 e. The molecule has 1 aromatic carbocycles. The van der Waals surface area contributed by atoms with E-state index in [1.165, 1.54) is 10.5 Å². The molecule has 0 bridgehead atoms. The summed E-state index contributed by atoms with van der Waals surface area (Å²) >= 11 is 0. The SMILES string of the molecule is Cc1cc(C)cc(Oc2nc3ccccn3c(=O)c2C=C(C#N)C#N)c1. The van der Waals surface area contributed by atoms with E-state index in [9.17, 15) is 4.79 Å². The lowest BCUT2D eigenvalue weighted by Gasteiger charge is -2.11. The van der Waals surface area contributed by atoms with Gasteiger partial charge >= 0.3 is 0 Å². The maximum Gasteiger partial charge on any atom is 0.269 e. The first-order valence-electron chi connectivity index (χ1n) is 7.81. The van der Waals surface area contributed by atoms with Crippen molar-refractivity contribution < 1.29 is 4.74 Å². The largest absolute Gasteiger partial charge is 0.438 e. The highest BCUT2D eigenvalue weighted by Crippen LogP contribution is 2.25. The van der Waals surface area contributed by atoms with Crippen molar-refractivity contribution in [3.8, 4) is 23.8 Å². The van der Waals surface area contributed by atoms with Gasteiger partial charge in [-0.3, -0.25) is 9.20 Å². The van der Waals surface area contributed by atoms with Crippen LogP contribution in [0.25, 0.3) is 11.7 Å². The Kier molecular flexibility index (Phi) is 4.51. The summed E-state index contributed by atoms with van der Waals surface area (Å²) in [7, 11) is 0. The number of aryl methyl sites for hydroxylation is 2. The number of fused-ring (bicyclic) bond motifs is 1. The van der Waals surface area contributed by atoms with Gasteiger partial charge in [0.05, 0.1) is 0 Å². The molecular weight excluding hydrogens is 328 g/mol. The van der Waals surface area contributed by atoms with E-state index in [1.54, 1.807) is 36.5 Å². The second kappa shape index (κ2) is 6.92. The number of hydrogen-bond acceptors (Lipinski definition) is 5. The molecule has 0 fully saturated rings. The molecule has 0 aliphatic heterocycles. The summed E-state index contributed by atoms with van der Waals surface area (Å²) in [6, 6.07) is 14.3. The number of allylic oxidation sites excluding steroid dienone is 1. The van der Waals surface area contributed by atoms with Gasteiger partial charge in [0.15, 0.2) is 0 Å². The predicted molar refractivity (Wildman–Crippen MR) is 96.7 cm³/mol. The van der Waals surface area contributed by atoms with Crippen molar-refractivity contribution in [2.45, 2.75) is 13.8 Å². The fourth-order valence-corrected chi connectivity index (χ4v) is 2.62. The molecular formula is C20H14N4O2. The van der Waals surface area contributed by atoms with E-state index in [1.807, 2.05) is 32.0 Å². The highest BCUT2D eigenvalue weighted by molar-refractivity contribution is 5.66. The molecule has 0 spiro atoms.